The van der Waals surface area contributed by atoms with Crippen LogP contribution in [0, 0.1) is 13.8 Å². The number of para-hydroxylation sites is 2. The van der Waals surface area contributed by atoms with Crippen molar-refractivity contribution in [1.29, 1.82) is 0 Å². The van der Waals surface area contributed by atoms with Gasteiger partial charge in [-0.25, -0.2) is 0 Å². The molecule has 1 aliphatic heterocycles. The van der Waals surface area contributed by atoms with E-state index in [1.807, 2.05) is 6.92 Å². The van der Waals surface area contributed by atoms with Gasteiger partial charge in [0.1, 0.15) is 5.82 Å². The number of H-pyrrole nitrogens is 1. The standard InChI is InChI=1S/C26H30N6/c1-18-8-9-23-21(16-18)22(17-27-23)20-10-14-30(15-11-20)12-5-13-31-24-6-3-4-7-25(24)32-19(2)28-29-26(31)32/h3-4,6-9,16-17,20,27H,5,10-15H2,1-2H3. The maximum Gasteiger partial charge on any atom is 0.236 e. The number of piperidine rings is 1. The molecular weight excluding hydrogens is 396 g/mol. The Hall–Kier alpha value is -3.12. The monoisotopic (exact) mass is 426 g/mol. The Balaban J connectivity index is 1.11. The van der Waals surface area contributed by atoms with Crippen molar-refractivity contribution in [3.05, 3.63) is 65.6 Å². The maximum absolute atomic E-state index is 4.45. The Bertz CT molecular complexity index is 1400. The van der Waals surface area contributed by atoms with Gasteiger partial charge in [-0.15, -0.1) is 10.2 Å². The summed E-state index contributed by atoms with van der Waals surface area (Å²) in [6.07, 6.45) is 5.84. The minimum Gasteiger partial charge on any atom is -0.361 e. The highest BCUT2D eigenvalue weighted by Crippen LogP contribution is 2.33. The predicted octanol–water partition coefficient (Wildman–Crippen LogP) is 5.05. The summed E-state index contributed by atoms with van der Waals surface area (Å²) in [5, 5.41) is 10.2. The molecule has 1 saturated heterocycles. The molecule has 0 bridgehead atoms. The summed E-state index contributed by atoms with van der Waals surface area (Å²) in [5.74, 6) is 2.57. The highest BCUT2D eigenvalue weighted by molar-refractivity contribution is 5.84. The molecule has 6 heteroatoms. The Morgan fingerprint density at radius 2 is 1.78 bits per heavy atom. The van der Waals surface area contributed by atoms with Crippen LogP contribution < -0.4 is 0 Å². The largest absolute Gasteiger partial charge is 0.361 e. The molecule has 4 heterocycles. The van der Waals surface area contributed by atoms with Crippen LogP contribution in [-0.4, -0.2) is 48.7 Å². The smallest absolute Gasteiger partial charge is 0.236 e. The van der Waals surface area contributed by atoms with Crippen molar-refractivity contribution >= 4 is 27.7 Å². The molecule has 1 aliphatic rings. The van der Waals surface area contributed by atoms with E-state index < -0.39 is 0 Å². The van der Waals surface area contributed by atoms with E-state index in [-0.39, 0.29) is 0 Å². The number of aromatic amines is 1. The van der Waals surface area contributed by atoms with E-state index in [0.29, 0.717) is 5.92 Å². The fourth-order valence-corrected chi connectivity index (χ4v) is 5.53. The lowest BCUT2D eigenvalue weighted by Crippen LogP contribution is -2.34. The van der Waals surface area contributed by atoms with E-state index in [0.717, 1.165) is 31.1 Å². The maximum atomic E-state index is 4.45. The fourth-order valence-electron chi connectivity index (χ4n) is 5.53. The Morgan fingerprint density at radius 1 is 0.969 bits per heavy atom. The first kappa shape index (κ1) is 19.6. The Morgan fingerprint density at radius 3 is 2.62 bits per heavy atom. The Kier molecular flexibility index (Phi) is 4.76. The normalized spacial score (nSPS) is 16.1. The molecule has 1 fully saturated rings. The number of hydrogen-bond acceptors (Lipinski definition) is 3. The highest BCUT2D eigenvalue weighted by Gasteiger charge is 2.23. The summed E-state index contributed by atoms with van der Waals surface area (Å²) in [4.78, 5) is 6.11. The van der Waals surface area contributed by atoms with Gasteiger partial charge in [0.15, 0.2) is 0 Å². The van der Waals surface area contributed by atoms with Gasteiger partial charge in [-0.1, -0.05) is 23.8 Å². The average molecular weight is 427 g/mol. The van der Waals surface area contributed by atoms with Gasteiger partial charge < -0.3 is 14.5 Å². The van der Waals surface area contributed by atoms with E-state index in [1.54, 1.807) is 0 Å². The zero-order valence-electron chi connectivity index (χ0n) is 18.9. The van der Waals surface area contributed by atoms with Crippen molar-refractivity contribution in [1.82, 2.24) is 29.0 Å². The van der Waals surface area contributed by atoms with E-state index in [4.69, 9.17) is 0 Å². The molecule has 32 heavy (non-hydrogen) atoms. The molecular formula is C26H30N6. The van der Waals surface area contributed by atoms with Crippen molar-refractivity contribution < 1.29 is 0 Å². The van der Waals surface area contributed by atoms with Crippen LogP contribution in [0.1, 0.15) is 42.1 Å². The summed E-state index contributed by atoms with van der Waals surface area (Å²) >= 11 is 0. The number of nitrogens with zero attached hydrogens (tertiary/aromatic N) is 5. The first-order valence-electron chi connectivity index (χ1n) is 11.8. The molecule has 0 spiro atoms. The van der Waals surface area contributed by atoms with E-state index >= 15 is 0 Å². The van der Waals surface area contributed by atoms with Crippen LogP contribution in [0.15, 0.2) is 48.7 Å². The van der Waals surface area contributed by atoms with Crippen LogP contribution in [0.25, 0.3) is 27.7 Å². The van der Waals surface area contributed by atoms with Crippen molar-refractivity contribution in [3.8, 4) is 0 Å². The summed E-state index contributed by atoms with van der Waals surface area (Å²) in [6.45, 7) is 8.66. The van der Waals surface area contributed by atoms with Crippen molar-refractivity contribution in [2.75, 3.05) is 19.6 Å². The van der Waals surface area contributed by atoms with Crippen LogP contribution in [0.2, 0.25) is 0 Å². The van der Waals surface area contributed by atoms with Gasteiger partial charge in [0.2, 0.25) is 5.78 Å². The third-order valence-electron chi connectivity index (χ3n) is 7.22. The number of aryl methyl sites for hydroxylation is 3. The van der Waals surface area contributed by atoms with Crippen LogP contribution in [0.4, 0.5) is 0 Å². The van der Waals surface area contributed by atoms with Gasteiger partial charge in [-0.05, 0) is 88.5 Å². The molecule has 0 aliphatic carbocycles. The zero-order valence-corrected chi connectivity index (χ0v) is 18.9. The number of likely N-dealkylation sites (tertiary alicyclic amines) is 1. The third kappa shape index (κ3) is 3.21. The van der Waals surface area contributed by atoms with E-state index in [1.165, 1.54) is 59.0 Å². The number of fused-ring (bicyclic) bond motifs is 4. The van der Waals surface area contributed by atoms with Crippen molar-refractivity contribution in [2.24, 2.45) is 0 Å². The first-order valence-corrected chi connectivity index (χ1v) is 11.8. The number of rotatable bonds is 5. The second-order valence-corrected chi connectivity index (χ2v) is 9.29. The number of nitrogens with one attached hydrogen (secondary N) is 1. The molecule has 5 aromatic rings. The summed E-state index contributed by atoms with van der Waals surface area (Å²) in [7, 11) is 0. The van der Waals surface area contributed by atoms with Gasteiger partial charge >= 0.3 is 0 Å². The minimum absolute atomic E-state index is 0.661. The van der Waals surface area contributed by atoms with Crippen LogP contribution >= 0.6 is 0 Å². The second-order valence-electron chi connectivity index (χ2n) is 9.29. The third-order valence-corrected chi connectivity index (χ3v) is 7.22. The second kappa shape index (κ2) is 7.78. The van der Waals surface area contributed by atoms with Gasteiger partial charge in [0.05, 0.1) is 11.0 Å². The molecule has 6 rings (SSSR count). The quantitative estimate of drug-likeness (QED) is 0.428. The molecule has 0 amide bonds. The topological polar surface area (TPSA) is 54.2 Å². The molecule has 164 valence electrons. The molecule has 3 aromatic heterocycles. The van der Waals surface area contributed by atoms with Gasteiger partial charge in [0, 0.05) is 23.6 Å². The summed E-state index contributed by atoms with van der Waals surface area (Å²) in [6, 6.07) is 15.3. The van der Waals surface area contributed by atoms with E-state index in [9.17, 15) is 0 Å². The molecule has 0 unspecified atom stereocenters. The lowest BCUT2D eigenvalue weighted by atomic mass is 9.89. The highest BCUT2D eigenvalue weighted by atomic mass is 15.3. The molecule has 1 N–H and O–H groups in total. The molecule has 2 aromatic carbocycles. The molecule has 0 saturated carbocycles. The fraction of sp³-hybridized carbons (Fsp3) is 0.385. The lowest BCUT2D eigenvalue weighted by molar-refractivity contribution is 0.208. The van der Waals surface area contributed by atoms with E-state index in [2.05, 4.69) is 84.6 Å². The number of benzene rings is 2. The zero-order chi connectivity index (χ0) is 21.7. The van der Waals surface area contributed by atoms with Gasteiger partial charge in [-0.3, -0.25) is 4.40 Å². The van der Waals surface area contributed by atoms with Gasteiger partial charge in [-0.2, -0.15) is 0 Å². The Labute approximate surface area is 187 Å². The predicted molar refractivity (Wildman–Crippen MR) is 129 cm³/mol. The van der Waals surface area contributed by atoms with Gasteiger partial charge in [0.25, 0.3) is 0 Å². The molecule has 0 radical (unpaired) electrons. The van der Waals surface area contributed by atoms with Crippen molar-refractivity contribution in [2.45, 2.75) is 45.6 Å². The summed E-state index contributed by atoms with van der Waals surface area (Å²) < 4.78 is 4.50. The molecule has 0 atom stereocenters. The van der Waals surface area contributed by atoms with Crippen LogP contribution in [0.5, 0.6) is 0 Å². The number of imidazole rings is 1. The SMILES string of the molecule is Cc1ccc2[nH]cc(C3CCN(CCCn4c5ccccc5n5c(C)nnc45)CC3)c2c1. The number of aromatic nitrogens is 5. The van der Waals surface area contributed by atoms with Crippen molar-refractivity contribution in [3.63, 3.8) is 0 Å². The van der Waals surface area contributed by atoms with Crippen LogP contribution in [0.3, 0.4) is 0 Å². The summed E-state index contributed by atoms with van der Waals surface area (Å²) in [5.41, 5.74) is 6.55. The minimum atomic E-state index is 0.661. The first-order chi connectivity index (χ1) is 15.7. The van der Waals surface area contributed by atoms with Crippen LogP contribution in [-0.2, 0) is 6.54 Å². The number of hydrogen-bond donors (Lipinski definition) is 1. The average Bonchev–Trinajstić information content (AvgIpc) is 3.49. The molecule has 6 nitrogen and oxygen atoms in total. The lowest BCUT2D eigenvalue weighted by Gasteiger charge is -2.32.